The molecule has 1 saturated carbocycles. The van der Waals surface area contributed by atoms with Gasteiger partial charge < -0.3 is 14.9 Å². The fourth-order valence-electron chi connectivity index (χ4n) is 7.35. The lowest BCUT2D eigenvalue weighted by Gasteiger charge is -2.59. The van der Waals surface area contributed by atoms with E-state index >= 15 is 0 Å². The minimum absolute atomic E-state index is 0.157. The van der Waals surface area contributed by atoms with Gasteiger partial charge in [0.25, 0.3) is 0 Å². The quantitative estimate of drug-likeness (QED) is 0.248. The van der Waals surface area contributed by atoms with Crippen LogP contribution in [-0.4, -0.2) is 45.2 Å². The monoisotopic (exact) mass is 544 g/mol. The van der Waals surface area contributed by atoms with Crippen LogP contribution in [0.25, 0.3) is 0 Å². The Balaban J connectivity index is 2.47. The number of aliphatic hydroxyl groups is 1. The molecule has 7 nitrogen and oxygen atoms in total. The second kappa shape index (κ2) is 10.6. The summed E-state index contributed by atoms with van der Waals surface area (Å²) in [5.41, 5.74) is -4.23. The van der Waals surface area contributed by atoms with Crippen molar-refractivity contribution in [1.29, 1.82) is 0 Å². The molecule has 39 heavy (non-hydrogen) atoms. The molecule has 6 atom stereocenters. The summed E-state index contributed by atoms with van der Waals surface area (Å²) in [7, 11) is 0. The summed E-state index contributed by atoms with van der Waals surface area (Å²) >= 11 is 0. The Kier molecular flexibility index (Phi) is 8.50. The topological polar surface area (TPSA) is 118 Å². The number of aliphatic carboxylic acids is 1. The average molecular weight is 545 g/mol. The molecular weight excluding hydrogens is 496 g/mol. The first-order chi connectivity index (χ1) is 17.9. The molecule has 0 aromatic rings. The highest BCUT2D eigenvalue weighted by Crippen LogP contribution is 2.69. The molecule has 3 rings (SSSR count). The maximum atomic E-state index is 15.0. The number of carbonyl (C=O) groups excluding carboxylic acids is 3. The zero-order valence-electron chi connectivity index (χ0n) is 25.3. The number of hydrogen-bond acceptors (Lipinski definition) is 6. The summed E-state index contributed by atoms with van der Waals surface area (Å²) in [4.78, 5) is 56.4. The molecule has 7 heteroatoms. The minimum atomic E-state index is -1.94. The molecular formula is C32H48O7. The summed E-state index contributed by atoms with van der Waals surface area (Å²) in [5.74, 6) is -3.62. The van der Waals surface area contributed by atoms with Crippen molar-refractivity contribution in [3.05, 3.63) is 23.0 Å². The molecule has 1 heterocycles. The number of hydrogen-bond donors (Lipinski definition) is 2. The van der Waals surface area contributed by atoms with Crippen LogP contribution in [0.5, 0.6) is 0 Å². The third kappa shape index (κ3) is 4.72. The largest absolute Gasteiger partial charge is 0.490 e. The van der Waals surface area contributed by atoms with E-state index in [9.17, 15) is 29.4 Å². The van der Waals surface area contributed by atoms with Crippen LogP contribution in [0.3, 0.4) is 0 Å². The Morgan fingerprint density at radius 1 is 1.15 bits per heavy atom. The van der Waals surface area contributed by atoms with Crippen LogP contribution in [0.1, 0.15) is 107 Å². The lowest BCUT2D eigenvalue weighted by atomic mass is 9.39. The molecule has 0 radical (unpaired) electrons. The van der Waals surface area contributed by atoms with Crippen molar-refractivity contribution in [2.24, 2.45) is 34.0 Å². The Bertz CT molecular complexity index is 1100. The molecule has 0 aromatic carbocycles. The summed E-state index contributed by atoms with van der Waals surface area (Å²) < 4.78 is 6.39. The first kappa shape index (κ1) is 31.3. The summed E-state index contributed by atoms with van der Waals surface area (Å²) in [6, 6.07) is 0. The van der Waals surface area contributed by atoms with Gasteiger partial charge in [-0.3, -0.25) is 19.2 Å². The molecule has 2 bridgehead atoms. The van der Waals surface area contributed by atoms with Crippen molar-refractivity contribution in [3.8, 4) is 0 Å². The first-order valence-electron chi connectivity index (χ1n) is 14.6. The van der Waals surface area contributed by atoms with Gasteiger partial charge in [0.2, 0.25) is 0 Å². The van der Waals surface area contributed by atoms with Crippen LogP contribution in [0.2, 0.25) is 0 Å². The van der Waals surface area contributed by atoms with Crippen LogP contribution < -0.4 is 0 Å². The third-order valence-corrected chi connectivity index (χ3v) is 9.91. The van der Waals surface area contributed by atoms with Gasteiger partial charge in [-0.15, -0.1) is 0 Å². The van der Waals surface area contributed by atoms with Gasteiger partial charge in [0.05, 0.1) is 17.4 Å². The van der Waals surface area contributed by atoms with Gasteiger partial charge in [0.1, 0.15) is 11.9 Å². The second-order valence-electron chi connectivity index (χ2n) is 13.6. The number of rotatable bonds is 11. The molecule has 2 fully saturated rings. The smallest absolute Gasteiger partial charge is 0.303 e. The van der Waals surface area contributed by atoms with Crippen LogP contribution in [0.15, 0.2) is 23.0 Å². The van der Waals surface area contributed by atoms with Gasteiger partial charge in [0, 0.05) is 23.8 Å². The van der Waals surface area contributed by atoms with Crippen molar-refractivity contribution < 1.29 is 34.1 Å². The van der Waals surface area contributed by atoms with E-state index in [0.717, 1.165) is 5.57 Å². The Hall–Kier alpha value is -2.28. The van der Waals surface area contributed by atoms with Gasteiger partial charge in [-0.05, 0) is 64.7 Å². The van der Waals surface area contributed by atoms with Crippen LogP contribution >= 0.6 is 0 Å². The zero-order chi connectivity index (χ0) is 29.7. The first-order valence-corrected chi connectivity index (χ1v) is 14.6. The minimum Gasteiger partial charge on any atom is -0.490 e. The number of Topliss-reactive ketones (excluding diaryl/α,β-unsaturated/α-hetero) is 3. The number of carboxylic acids is 1. The van der Waals surface area contributed by atoms with Crippen molar-refractivity contribution in [1.82, 2.24) is 0 Å². The predicted octanol–water partition coefficient (Wildman–Crippen LogP) is 5.83. The maximum Gasteiger partial charge on any atom is 0.303 e. The molecule has 0 aromatic heterocycles. The number of carboxylic acid groups (broad SMARTS) is 1. The molecule has 1 saturated heterocycles. The molecule has 2 aliphatic carbocycles. The van der Waals surface area contributed by atoms with Crippen molar-refractivity contribution in [3.63, 3.8) is 0 Å². The number of carbonyl (C=O) groups is 4. The van der Waals surface area contributed by atoms with E-state index in [1.165, 1.54) is 0 Å². The fourth-order valence-corrected chi connectivity index (χ4v) is 7.35. The molecule has 0 unspecified atom stereocenters. The number of ether oxygens (including phenoxy) is 1. The van der Waals surface area contributed by atoms with Crippen molar-refractivity contribution >= 4 is 23.3 Å². The summed E-state index contributed by atoms with van der Waals surface area (Å²) in [6.45, 7) is 16.5. The molecule has 1 spiro atoms. The Labute approximate surface area is 233 Å². The molecule has 3 aliphatic rings. The van der Waals surface area contributed by atoms with Gasteiger partial charge >= 0.3 is 5.97 Å². The summed E-state index contributed by atoms with van der Waals surface area (Å²) in [5, 5.41) is 20.8. The van der Waals surface area contributed by atoms with Gasteiger partial charge in [-0.2, -0.15) is 0 Å². The van der Waals surface area contributed by atoms with Crippen LogP contribution in [-0.2, 0) is 23.9 Å². The maximum absolute atomic E-state index is 15.0. The molecule has 218 valence electrons. The normalized spacial score (nSPS) is 31.3. The molecule has 1 aliphatic heterocycles. The standard InChI is InChI=1S/C32H48O7/c1-10-12-20(15-23(33)34)24-26(36)32(25(35)19(5)11-2)28(37)31(17-22(30(8,9)38)39-27(24)31)16-21(29(32,6)7)14-13-18(3)4/h13,19-22,38H,10-12,14-17H2,1-9H3,(H,33,34)/t19-,20-,21-,22-,31-,32-/m0/s1. The van der Waals surface area contributed by atoms with Crippen LogP contribution in [0.4, 0.5) is 0 Å². The van der Waals surface area contributed by atoms with Crippen molar-refractivity contribution in [2.45, 2.75) is 119 Å². The highest BCUT2D eigenvalue weighted by Gasteiger charge is 2.77. The predicted molar refractivity (Wildman–Crippen MR) is 149 cm³/mol. The van der Waals surface area contributed by atoms with E-state index in [1.807, 2.05) is 41.5 Å². The van der Waals surface area contributed by atoms with Gasteiger partial charge in [-0.25, -0.2) is 0 Å². The van der Waals surface area contributed by atoms with Crippen molar-refractivity contribution in [2.75, 3.05) is 0 Å². The van der Waals surface area contributed by atoms with Crippen LogP contribution in [0, 0.1) is 34.0 Å². The van der Waals surface area contributed by atoms with E-state index in [-0.39, 0.29) is 35.9 Å². The average Bonchev–Trinajstić information content (AvgIpc) is 3.20. The second-order valence-corrected chi connectivity index (χ2v) is 13.6. The lowest BCUT2D eigenvalue weighted by Crippen LogP contribution is -2.70. The molecule has 0 amide bonds. The number of fused-ring (bicyclic) bond motifs is 1. The number of allylic oxidation sites excluding steroid dienone is 4. The van der Waals surface area contributed by atoms with E-state index in [2.05, 4.69) is 6.08 Å². The fraction of sp³-hybridized carbons (Fsp3) is 0.750. The van der Waals surface area contributed by atoms with Gasteiger partial charge in [0.15, 0.2) is 22.8 Å². The molecule has 2 N–H and O–H groups in total. The highest BCUT2D eigenvalue weighted by atomic mass is 16.5. The highest BCUT2D eigenvalue weighted by molar-refractivity contribution is 6.33. The van der Waals surface area contributed by atoms with E-state index < -0.39 is 57.3 Å². The number of ketones is 3. The summed E-state index contributed by atoms with van der Waals surface area (Å²) in [6.07, 6.45) is 3.66. The Morgan fingerprint density at radius 2 is 1.77 bits per heavy atom. The Morgan fingerprint density at radius 3 is 2.26 bits per heavy atom. The SMILES string of the molecule is CCC[C@@H](CC(=O)O)C1=C2O[C@H](C(C)(C)O)C[C@@]23C[C@H](CC=C(C)C)C(C)(C)[C@@](C(=O)[C@@H](C)CC)(C1=O)C3=O. The lowest BCUT2D eigenvalue weighted by molar-refractivity contribution is -0.176. The van der Waals surface area contributed by atoms with E-state index in [0.29, 0.717) is 32.1 Å². The van der Waals surface area contributed by atoms with E-state index in [1.54, 1.807) is 20.8 Å². The van der Waals surface area contributed by atoms with Gasteiger partial charge in [-0.1, -0.05) is 52.7 Å². The zero-order valence-corrected chi connectivity index (χ0v) is 25.3. The van der Waals surface area contributed by atoms with E-state index in [4.69, 9.17) is 4.74 Å². The third-order valence-electron chi connectivity index (χ3n) is 9.91.